The average molecular weight is 342 g/mol. The molecule has 2 aromatic rings. The van der Waals surface area contributed by atoms with Crippen molar-refractivity contribution in [1.82, 2.24) is 10.3 Å². The summed E-state index contributed by atoms with van der Waals surface area (Å²) >= 11 is 5.82. The molecule has 1 N–H and O–H groups in total. The average Bonchev–Trinajstić information content (AvgIpc) is 2.62. The van der Waals surface area contributed by atoms with Crippen LogP contribution in [0.15, 0.2) is 59.7 Å². The van der Waals surface area contributed by atoms with Crippen molar-refractivity contribution in [2.75, 3.05) is 13.1 Å². The number of halogens is 1. The van der Waals surface area contributed by atoms with Gasteiger partial charge in [-0.1, -0.05) is 41.9 Å². The largest absolute Gasteiger partial charge is 0.298 e. The van der Waals surface area contributed by atoms with Crippen LogP contribution >= 0.6 is 11.6 Å². The monoisotopic (exact) mass is 341 g/mol. The minimum Gasteiger partial charge on any atom is -0.298 e. The van der Waals surface area contributed by atoms with E-state index in [1.165, 1.54) is 5.56 Å². The molecule has 1 amide bonds. The van der Waals surface area contributed by atoms with Gasteiger partial charge in [0.25, 0.3) is 5.91 Å². The van der Waals surface area contributed by atoms with E-state index < -0.39 is 0 Å². The predicted octanol–water partition coefficient (Wildman–Crippen LogP) is 3.72. The fraction of sp³-hybridized carbons (Fsp3) is 0.263. The van der Waals surface area contributed by atoms with Gasteiger partial charge in [-0.05, 0) is 29.8 Å². The molecular weight excluding hydrogens is 322 g/mol. The molecule has 0 aromatic heterocycles. The Labute approximate surface area is 147 Å². The Morgan fingerprint density at radius 1 is 1.04 bits per heavy atom. The molecule has 0 aliphatic carbocycles. The molecule has 1 heterocycles. The molecule has 24 heavy (non-hydrogen) atoms. The van der Waals surface area contributed by atoms with Crippen molar-refractivity contribution in [2.45, 2.75) is 19.4 Å². The third kappa shape index (κ3) is 4.66. The summed E-state index contributed by atoms with van der Waals surface area (Å²) in [5.74, 6) is -0.203. The van der Waals surface area contributed by atoms with Gasteiger partial charge >= 0.3 is 0 Å². The molecule has 3 rings (SSSR count). The van der Waals surface area contributed by atoms with Crippen molar-refractivity contribution in [3.63, 3.8) is 0 Å². The number of benzene rings is 2. The summed E-state index contributed by atoms with van der Waals surface area (Å²) in [5.41, 5.74) is 5.57. The number of carbonyl (C=O) groups is 1. The lowest BCUT2D eigenvalue weighted by molar-refractivity contribution is 0.0954. The number of nitrogens with zero attached hydrogens (tertiary/aromatic N) is 2. The third-order valence-corrected chi connectivity index (χ3v) is 4.36. The molecule has 0 radical (unpaired) electrons. The number of hydrogen-bond acceptors (Lipinski definition) is 3. The number of hydrazone groups is 1. The molecule has 1 aliphatic heterocycles. The summed E-state index contributed by atoms with van der Waals surface area (Å²) in [6.07, 6.45) is 1.77. The first-order chi connectivity index (χ1) is 11.7. The minimum absolute atomic E-state index is 0.203. The smallest absolute Gasteiger partial charge is 0.271 e. The molecule has 1 fully saturated rings. The molecule has 4 nitrogen and oxygen atoms in total. The van der Waals surface area contributed by atoms with Crippen LogP contribution in [0, 0.1) is 0 Å². The van der Waals surface area contributed by atoms with E-state index >= 15 is 0 Å². The van der Waals surface area contributed by atoms with Gasteiger partial charge < -0.3 is 0 Å². The van der Waals surface area contributed by atoms with Crippen molar-refractivity contribution < 1.29 is 4.79 Å². The Kier molecular flexibility index (Phi) is 5.62. The number of piperidine rings is 1. The molecular formula is C19H20ClN3O. The van der Waals surface area contributed by atoms with Gasteiger partial charge in [-0.25, -0.2) is 5.43 Å². The first-order valence-electron chi connectivity index (χ1n) is 8.08. The summed E-state index contributed by atoms with van der Waals surface area (Å²) in [4.78, 5) is 14.4. The van der Waals surface area contributed by atoms with Gasteiger partial charge in [0.15, 0.2) is 0 Å². The van der Waals surface area contributed by atoms with E-state index in [0.717, 1.165) is 38.2 Å². The summed E-state index contributed by atoms with van der Waals surface area (Å²) in [5, 5.41) is 4.90. The van der Waals surface area contributed by atoms with E-state index in [1.807, 2.05) is 6.07 Å². The van der Waals surface area contributed by atoms with E-state index in [0.29, 0.717) is 10.6 Å². The minimum atomic E-state index is -0.203. The van der Waals surface area contributed by atoms with Crippen LogP contribution in [0.25, 0.3) is 0 Å². The topological polar surface area (TPSA) is 44.7 Å². The van der Waals surface area contributed by atoms with E-state index in [2.05, 4.69) is 39.7 Å². The van der Waals surface area contributed by atoms with E-state index in [4.69, 9.17) is 11.6 Å². The molecule has 2 aromatic carbocycles. The highest BCUT2D eigenvalue weighted by atomic mass is 35.5. The fourth-order valence-electron chi connectivity index (χ4n) is 2.72. The first-order valence-corrected chi connectivity index (χ1v) is 8.46. The second-order valence-corrected chi connectivity index (χ2v) is 6.32. The van der Waals surface area contributed by atoms with Gasteiger partial charge in [-0.3, -0.25) is 9.69 Å². The Balaban J connectivity index is 1.48. The lowest BCUT2D eigenvalue weighted by Gasteiger charge is -2.27. The standard InChI is InChI=1S/C19H20ClN3O/c20-17-8-6-16(7-9-17)19(24)22-21-18-10-12-23(13-11-18)14-15-4-2-1-3-5-15/h1-9H,10-14H2,(H,22,24). The number of likely N-dealkylation sites (tertiary alicyclic amines) is 1. The fourth-order valence-corrected chi connectivity index (χ4v) is 2.84. The first kappa shape index (κ1) is 16.7. The molecule has 124 valence electrons. The van der Waals surface area contributed by atoms with E-state index in [1.54, 1.807) is 24.3 Å². The zero-order valence-corrected chi connectivity index (χ0v) is 14.2. The maximum Gasteiger partial charge on any atom is 0.271 e. The summed E-state index contributed by atoms with van der Waals surface area (Å²) in [6.45, 7) is 2.89. The van der Waals surface area contributed by atoms with Gasteiger partial charge in [-0.15, -0.1) is 0 Å². The van der Waals surface area contributed by atoms with Crippen LogP contribution in [0.4, 0.5) is 0 Å². The zero-order chi connectivity index (χ0) is 16.8. The molecule has 0 unspecified atom stereocenters. The zero-order valence-electron chi connectivity index (χ0n) is 13.4. The van der Waals surface area contributed by atoms with Crippen LogP contribution in [-0.4, -0.2) is 29.6 Å². The third-order valence-electron chi connectivity index (χ3n) is 4.10. The van der Waals surface area contributed by atoms with E-state index in [9.17, 15) is 4.79 Å². The summed E-state index contributed by atoms with van der Waals surface area (Å²) < 4.78 is 0. The van der Waals surface area contributed by atoms with Gasteiger partial charge in [0, 0.05) is 48.8 Å². The van der Waals surface area contributed by atoms with Crippen molar-refractivity contribution in [1.29, 1.82) is 0 Å². The second kappa shape index (κ2) is 8.08. The van der Waals surface area contributed by atoms with Crippen molar-refractivity contribution in [2.24, 2.45) is 5.10 Å². The highest BCUT2D eigenvalue weighted by Crippen LogP contribution is 2.12. The summed E-state index contributed by atoms with van der Waals surface area (Å²) in [6, 6.07) is 17.3. The molecule has 5 heteroatoms. The molecule has 0 spiro atoms. The maximum atomic E-state index is 12.0. The van der Waals surface area contributed by atoms with E-state index in [-0.39, 0.29) is 5.91 Å². The molecule has 0 saturated carbocycles. The van der Waals surface area contributed by atoms with Gasteiger partial charge in [0.05, 0.1) is 0 Å². The van der Waals surface area contributed by atoms with Crippen molar-refractivity contribution in [3.8, 4) is 0 Å². The molecule has 1 aliphatic rings. The number of hydrogen-bond donors (Lipinski definition) is 1. The number of rotatable bonds is 4. The Morgan fingerprint density at radius 2 is 1.71 bits per heavy atom. The van der Waals surface area contributed by atoms with Crippen molar-refractivity contribution in [3.05, 3.63) is 70.7 Å². The Morgan fingerprint density at radius 3 is 2.38 bits per heavy atom. The number of carbonyl (C=O) groups excluding carboxylic acids is 1. The highest BCUT2D eigenvalue weighted by molar-refractivity contribution is 6.30. The molecule has 1 saturated heterocycles. The normalized spacial score (nSPS) is 15.1. The van der Waals surface area contributed by atoms with Gasteiger partial charge in [0.2, 0.25) is 0 Å². The second-order valence-electron chi connectivity index (χ2n) is 5.89. The van der Waals surface area contributed by atoms with Crippen LogP contribution in [0.3, 0.4) is 0 Å². The lowest BCUT2D eigenvalue weighted by atomic mass is 10.1. The summed E-state index contributed by atoms with van der Waals surface area (Å²) in [7, 11) is 0. The SMILES string of the molecule is O=C(NN=C1CCN(Cc2ccccc2)CC1)c1ccc(Cl)cc1. The van der Waals surface area contributed by atoms with Crippen LogP contribution in [0.2, 0.25) is 5.02 Å². The Bertz CT molecular complexity index is 703. The Hall–Kier alpha value is -2.17. The quantitative estimate of drug-likeness (QED) is 0.861. The lowest BCUT2D eigenvalue weighted by Crippen LogP contribution is -2.34. The van der Waals surface area contributed by atoms with Crippen LogP contribution < -0.4 is 5.43 Å². The molecule has 0 bridgehead atoms. The van der Waals surface area contributed by atoms with Crippen molar-refractivity contribution >= 4 is 23.2 Å². The number of nitrogens with one attached hydrogen (secondary N) is 1. The molecule has 0 atom stereocenters. The highest BCUT2D eigenvalue weighted by Gasteiger charge is 2.15. The van der Waals surface area contributed by atoms with Crippen LogP contribution in [0.5, 0.6) is 0 Å². The van der Waals surface area contributed by atoms with Gasteiger partial charge in [0.1, 0.15) is 0 Å². The van der Waals surface area contributed by atoms with Gasteiger partial charge in [-0.2, -0.15) is 5.10 Å². The predicted molar refractivity (Wildman–Crippen MR) is 97.3 cm³/mol. The maximum absolute atomic E-state index is 12.0. The number of amides is 1. The van der Waals surface area contributed by atoms with Crippen LogP contribution in [-0.2, 0) is 6.54 Å². The van der Waals surface area contributed by atoms with Crippen LogP contribution in [0.1, 0.15) is 28.8 Å².